The first-order chi connectivity index (χ1) is 7.59. The zero-order chi connectivity index (χ0) is 11.6. The van der Waals surface area contributed by atoms with E-state index in [2.05, 4.69) is 19.2 Å². The van der Waals surface area contributed by atoms with E-state index in [-0.39, 0.29) is 0 Å². The van der Waals surface area contributed by atoms with Gasteiger partial charge in [-0.1, -0.05) is 33.1 Å². The lowest BCUT2D eigenvalue weighted by Crippen LogP contribution is -2.47. The lowest BCUT2D eigenvalue weighted by Gasteiger charge is -2.37. The highest BCUT2D eigenvalue weighted by Crippen LogP contribution is 2.32. The lowest BCUT2D eigenvalue weighted by atomic mass is 9.79. The fourth-order valence-electron chi connectivity index (χ4n) is 3.56. The summed E-state index contributed by atoms with van der Waals surface area (Å²) in [5.74, 6) is 1.49. The van der Waals surface area contributed by atoms with E-state index in [9.17, 15) is 5.11 Å². The van der Waals surface area contributed by atoms with Crippen molar-refractivity contribution in [2.45, 2.75) is 70.4 Å². The molecular formula is C14H27NO. The molecule has 2 aliphatic carbocycles. The van der Waals surface area contributed by atoms with Gasteiger partial charge in [-0.05, 0) is 37.5 Å². The molecule has 0 aromatic rings. The summed E-state index contributed by atoms with van der Waals surface area (Å²) in [6.45, 7) is 5.41. The highest BCUT2D eigenvalue weighted by Gasteiger charge is 2.34. The van der Waals surface area contributed by atoms with Crippen molar-refractivity contribution < 1.29 is 5.11 Å². The maximum Gasteiger partial charge on any atom is 0.0774 e. The summed E-state index contributed by atoms with van der Waals surface area (Å²) in [7, 11) is 0. The molecule has 0 aliphatic heterocycles. The summed E-state index contributed by atoms with van der Waals surface area (Å²) in [6, 6.07) is 0.654. The Morgan fingerprint density at radius 1 is 1.19 bits per heavy atom. The van der Waals surface area contributed by atoms with E-state index in [0.29, 0.717) is 12.0 Å². The molecule has 2 rings (SSSR count). The number of aliphatic hydroxyl groups is 1. The van der Waals surface area contributed by atoms with Gasteiger partial charge in [0, 0.05) is 12.6 Å². The van der Waals surface area contributed by atoms with Crippen molar-refractivity contribution in [2.75, 3.05) is 6.54 Å². The Labute approximate surface area is 99.8 Å². The smallest absolute Gasteiger partial charge is 0.0774 e. The molecule has 0 aromatic carbocycles. The molecule has 2 saturated carbocycles. The van der Waals surface area contributed by atoms with E-state index in [0.717, 1.165) is 25.3 Å². The fraction of sp³-hybridized carbons (Fsp3) is 1.00. The minimum absolute atomic E-state index is 0.417. The van der Waals surface area contributed by atoms with E-state index >= 15 is 0 Å². The quantitative estimate of drug-likeness (QED) is 0.774. The lowest BCUT2D eigenvalue weighted by molar-refractivity contribution is -0.0144. The highest BCUT2D eigenvalue weighted by atomic mass is 16.3. The molecule has 16 heavy (non-hydrogen) atoms. The number of hydrogen-bond acceptors (Lipinski definition) is 2. The van der Waals surface area contributed by atoms with Crippen molar-refractivity contribution >= 4 is 0 Å². The summed E-state index contributed by atoms with van der Waals surface area (Å²) in [4.78, 5) is 0. The zero-order valence-electron chi connectivity index (χ0n) is 10.8. The topological polar surface area (TPSA) is 32.3 Å². The Bertz CT molecular complexity index is 231. The summed E-state index contributed by atoms with van der Waals surface area (Å²) in [5.41, 5.74) is -0.417. The monoisotopic (exact) mass is 225 g/mol. The third kappa shape index (κ3) is 2.98. The van der Waals surface area contributed by atoms with Crippen LogP contribution in [0.1, 0.15) is 58.8 Å². The third-order valence-corrected chi connectivity index (χ3v) is 4.62. The van der Waals surface area contributed by atoms with Gasteiger partial charge in [0.1, 0.15) is 0 Å². The Balaban J connectivity index is 1.79. The fourth-order valence-corrected chi connectivity index (χ4v) is 3.56. The average Bonchev–Trinajstić information content (AvgIpc) is 2.61. The second kappa shape index (κ2) is 5.05. The minimum atomic E-state index is -0.417. The van der Waals surface area contributed by atoms with E-state index in [1.807, 2.05) is 0 Å². The van der Waals surface area contributed by atoms with Crippen LogP contribution in [0.4, 0.5) is 0 Å². The summed E-state index contributed by atoms with van der Waals surface area (Å²) in [5, 5.41) is 14.1. The minimum Gasteiger partial charge on any atom is -0.389 e. The van der Waals surface area contributed by atoms with Crippen LogP contribution in [0, 0.1) is 11.8 Å². The Morgan fingerprint density at radius 3 is 2.62 bits per heavy atom. The first-order valence-electron chi connectivity index (χ1n) is 7.05. The van der Waals surface area contributed by atoms with Crippen LogP contribution in [0.5, 0.6) is 0 Å². The summed E-state index contributed by atoms with van der Waals surface area (Å²) >= 11 is 0. The van der Waals surface area contributed by atoms with E-state index < -0.39 is 5.60 Å². The van der Waals surface area contributed by atoms with Gasteiger partial charge in [-0.2, -0.15) is 0 Å². The van der Waals surface area contributed by atoms with Crippen LogP contribution in [-0.4, -0.2) is 23.3 Å². The molecule has 0 heterocycles. The van der Waals surface area contributed by atoms with E-state index in [4.69, 9.17) is 0 Å². The van der Waals surface area contributed by atoms with Gasteiger partial charge in [0.05, 0.1) is 5.60 Å². The predicted molar refractivity (Wildman–Crippen MR) is 67.4 cm³/mol. The predicted octanol–water partition coefficient (Wildman–Crippen LogP) is 2.71. The maximum absolute atomic E-state index is 10.5. The largest absolute Gasteiger partial charge is 0.389 e. The standard InChI is InChI=1S/C14H27NO/c1-11-5-4-8-14(16,9-11)10-15-13-7-3-6-12(13)2/h11-13,15-16H,3-10H2,1-2H3. The van der Waals surface area contributed by atoms with Crippen LogP contribution in [0.3, 0.4) is 0 Å². The first-order valence-corrected chi connectivity index (χ1v) is 7.05. The van der Waals surface area contributed by atoms with Crippen molar-refractivity contribution in [1.29, 1.82) is 0 Å². The van der Waals surface area contributed by atoms with Crippen LogP contribution in [0.15, 0.2) is 0 Å². The molecule has 0 spiro atoms. The van der Waals surface area contributed by atoms with Crippen molar-refractivity contribution in [3.8, 4) is 0 Å². The molecular weight excluding hydrogens is 198 g/mol. The highest BCUT2D eigenvalue weighted by molar-refractivity contribution is 4.90. The van der Waals surface area contributed by atoms with Gasteiger partial charge in [-0.15, -0.1) is 0 Å². The zero-order valence-corrected chi connectivity index (χ0v) is 10.8. The Morgan fingerprint density at radius 2 is 2.00 bits per heavy atom. The van der Waals surface area contributed by atoms with Gasteiger partial charge >= 0.3 is 0 Å². The molecule has 0 amide bonds. The molecule has 2 heteroatoms. The van der Waals surface area contributed by atoms with Crippen molar-refractivity contribution in [3.05, 3.63) is 0 Å². The molecule has 0 aromatic heterocycles. The average molecular weight is 225 g/mol. The van der Waals surface area contributed by atoms with Gasteiger partial charge in [-0.3, -0.25) is 0 Å². The molecule has 2 N–H and O–H groups in total. The van der Waals surface area contributed by atoms with Crippen molar-refractivity contribution in [1.82, 2.24) is 5.32 Å². The van der Waals surface area contributed by atoms with Gasteiger partial charge in [-0.25, -0.2) is 0 Å². The second-order valence-corrected chi connectivity index (χ2v) is 6.32. The van der Waals surface area contributed by atoms with Crippen LogP contribution < -0.4 is 5.32 Å². The molecule has 0 saturated heterocycles. The maximum atomic E-state index is 10.5. The van der Waals surface area contributed by atoms with Crippen LogP contribution in [0.2, 0.25) is 0 Å². The summed E-state index contributed by atoms with van der Waals surface area (Å²) < 4.78 is 0. The molecule has 0 radical (unpaired) electrons. The molecule has 2 nitrogen and oxygen atoms in total. The number of rotatable bonds is 3. The number of nitrogens with one attached hydrogen (secondary N) is 1. The van der Waals surface area contributed by atoms with Crippen molar-refractivity contribution in [2.24, 2.45) is 11.8 Å². The first kappa shape index (κ1) is 12.4. The van der Waals surface area contributed by atoms with Gasteiger partial charge in [0.2, 0.25) is 0 Å². The van der Waals surface area contributed by atoms with Crippen LogP contribution in [0.25, 0.3) is 0 Å². The van der Waals surface area contributed by atoms with Crippen molar-refractivity contribution in [3.63, 3.8) is 0 Å². The molecule has 4 unspecified atom stereocenters. The SMILES string of the molecule is CC1CCCC(O)(CNC2CCCC2C)C1. The molecule has 94 valence electrons. The third-order valence-electron chi connectivity index (χ3n) is 4.62. The molecule has 2 aliphatic rings. The molecule has 0 bridgehead atoms. The van der Waals surface area contributed by atoms with E-state index in [1.54, 1.807) is 0 Å². The number of hydrogen-bond donors (Lipinski definition) is 2. The van der Waals surface area contributed by atoms with Gasteiger partial charge in [0.15, 0.2) is 0 Å². The van der Waals surface area contributed by atoms with Crippen LogP contribution >= 0.6 is 0 Å². The summed E-state index contributed by atoms with van der Waals surface area (Å²) in [6.07, 6.45) is 8.47. The Hall–Kier alpha value is -0.0800. The van der Waals surface area contributed by atoms with Gasteiger partial charge < -0.3 is 10.4 Å². The van der Waals surface area contributed by atoms with Crippen LogP contribution in [-0.2, 0) is 0 Å². The normalized spacial score (nSPS) is 44.8. The second-order valence-electron chi connectivity index (χ2n) is 6.32. The Kier molecular flexibility index (Phi) is 3.91. The van der Waals surface area contributed by atoms with Gasteiger partial charge in [0.25, 0.3) is 0 Å². The van der Waals surface area contributed by atoms with E-state index in [1.165, 1.54) is 32.1 Å². The molecule has 2 fully saturated rings. The molecule has 4 atom stereocenters.